The first-order valence-electron chi connectivity index (χ1n) is 8.91. The van der Waals surface area contributed by atoms with E-state index in [0.29, 0.717) is 6.07 Å². The van der Waals surface area contributed by atoms with Gasteiger partial charge in [-0.25, -0.2) is 22.8 Å². The normalized spacial score (nSPS) is 12.2. The maximum Gasteiger partial charge on any atom is 0.411 e. The molecule has 30 heavy (non-hydrogen) atoms. The summed E-state index contributed by atoms with van der Waals surface area (Å²) in [6, 6.07) is 15.8. The molecule has 0 heterocycles. The molecule has 0 unspecified atom stereocenters. The van der Waals surface area contributed by atoms with E-state index in [2.05, 4.69) is 0 Å². The Morgan fingerprint density at radius 1 is 0.900 bits per heavy atom. The first-order chi connectivity index (χ1) is 14.4. The molecule has 0 radical (unpaired) electrons. The van der Waals surface area contributed by atoms with E-state index in [-0.39, 0.29) is 12.5 Å². The van der Waals surface area contributed by atoms with Gasteiger partial charge in [0.1, 0.15) is 12.2 Å². The summed E-state index contributed by atoms with van der Waals surface area (Å²) in [7, 11) is 0. The Morgan fingerprint density at radius 3 is 2.03 bits per heavy atom. The molecule has 0 saturated carbocycles. The summed E-state index contributed by atoms with van der Waals surface area (Å²) in [5, 5.41) is 10.8. The number of hydrogen-bond donors (Lipinski definition) is 2. The second-order valence-electron chi connectivity index (χ2n) is 6.67. The summed E-state index contributed by atoms with van der Waals surface area (Å²) in [5.74, 6) is -7.62. The van der Waals surface area contributed by atoms with Crippen molar-refractivity contribution in [3.8, 4) is 11.1 Å². The van der Waals surface area contributed by atoms with Gasteiger partial charge in [0.15, 0.2) is 17.5 Å². The fraction of sp³-hybridized carbons (Fsp3) is 0.0909. The predicted molar refractivity (Wildman–Crippen MR) is 102 cm³/mol. The highest BCUT2D eigenvalue weighted by Crippen LogP contribution is 2.44. The number of halogens is 3. The average molecular weight is 413 g/mol. The minimum atomic E-state index is -2.00. The van der Waals surface area contributed by atoms with Crippen LogP contribution in [0.25, 0.3) is 11.1 Å². The molecule has 0 saturated heterocycles. The van der Waals surface area contributed by atoms with Crippen LogP contribution in [0.2, 0.25) is 0 Å². The van der Waals surface area contributed by atoms with Crippen molar-refractivity contribution in [1.82, 2.24) is 0 Å². The van der Waals surface area contributed by atoms with Gasteiger partial charge in [0.25, 0.3) is 0 Å². The summed E-state index contributed by atoms with van der Waals surface area (Å²) < 4.78 is 46.3. The summed E-state index contributed by atoms with van der Waals surface area (Å²) in [6.45, 7) is -0.0864. The van der Waals surface area contributed by atoms with E-state index in [4.69, 9.17) is 9.84 Å². The number of fused-ring (bicyclic) bond motifs is 3. The maximum atomic E-state index is 13.9. The molecule has 3 aromatic carbocycles. The molecular weight excluding hydrogens is 399 g/mol. The monoisotopic (exact) mass is 413 g/mol. The second-order valence-corrected chi connectivity index (χ2v) is 6.67. The predicted octanol–water partition coefficient (Wildman–Crippen LogP) is 5.16. The van der Waals surface area contributed by atoms with Crippen LogP contribution in [0.5, 0.6) is 0 Å². The van der Waals surface area contributed by atoms with Crippen LogP contribution in [0.15, 0.2) is 54.6 Å². The Hall–Kier alpha value is -3.81. The number of aromatic carboxylic acids is 1. The molecule has 2 N–H and O–H groups in total. The minimum Gasteiger partial charge on any atom is -0.478 e. The Balaban J connectivity index is 1.54. The second kappa shape index (κ2) is 7.55. The quantitative estimate of drug-likeness (QED) is 0.579. The van der Waals surface area contributed by atoms with E-state index in [0.717, 1.165) is 22.3 Å². The summed E-state index contributed by atoms with van der Waals surface area (Å²) in [4.78, 5) is 23.1. The summed E-state index contributed by atoms with van der Waals surface area (Å²) in [6.07, 6.45) is -1.13. The lowest BCUT2D eigenvalue weighted by Gasteiger charge is -2.15. The Kier molecular flexibility index (Phi) is 4.91. The molecule has 0 aliphatic heterocycles. The first kappa shape index (κ1) is 19.5. The van der Waals surface area contributed by atoms with Crippen LogP contribution in [0.3, 0.4) is 0 Å². The van der Waals surface area contributed by atoms with Gasteiger partial charge in [-0.15, -0.1) is 0 Å². The molecule has 4 rings (SSSR count). The van der Waals surface area contributed by atoms with E-state index in [1.807, 2.05) is 53.8 Å². The Bertz CT molecular complexity index is 1130. The van der Waals surface area contributed by atoms with E-state index in [9.17, 15) is 22.8 Å². The molecule has 152 valence electrons. The van der Waals surface area contributed by atoms with Crippen molar-refractivity contribution >= 4 is 17.7 Å². The van der Waals surface area contributed by atoms with Gasteiger partial charge in [0, 0.05) is 5.92 Å². The van der Waals surface area contributed by atoms with Crippen LogP contribution < -0.4 is 5.32 Å². The van der Waals surface area contributed by atoms with Crippen LogP contribution in [0.1, 0.15) is 27.4 Å². The SMILES string of the molecule is O=C(Nc1cc(C(=O)O)c(F)c(F)c1F)OCC1c2ccccc2-c2ccccc21. The topological polar surface area (TPSA) is 75.6 Å². The van der Waals surface area contributed by atoms with Crippen LogP contribution in [-0.2, 0) is 4.74 Å². The largest absolute Gasteiger partial charge is 0.478 e. The van der Waals surface area contributed by atoms with Crippen LogP contribution in [0, 0.1) is 17.5 Å². The lowest BCUT2D eigenvalue weighted by molar-refractivity contribution is 0.0690. The van der Waals surface area contributed by atoms with Gasteiger partial charge in [0.05, 0.1) is 5.69 Å². The number of nitrogens with one attached hydrogen (secondary N) is 1. The molecule has 3 aromatic rings. The lowest BCUT2D eigenvalue weighted by Crippen LogP contribution is -2.19. The molecule has 1 amide bonds. The van der Waals surface area contributed by atoms with E-state index >= 15 is 0 Å². The Labute approximate surface area is 168 Å². The number of rotatable bonds is 4. The van der Waals surface area contributed by atoms with Crippen LogP contribution >= 0.6 is 0 Å². The third kappa shape index (κ3) is 3.26. The maximum absolute atomic E-state index is 13.9. The van der Waals surface area contributed by atoms with Crippen molar-refractivity contribution in [3.05, 3.63) is 88.7 Å². The van der Waals surface area contributed by atoms with Crippen molar-refractivity contribution in [2.24, 2.45) is 0 Å². The molecule has 0 fully saturated rings. The van der Waals surface area contributed by atoms with Crippen molar-refractivity contribution in [2.75, 3.05) is 11.9 Å². The molecule has 1 aliphatic rings. The van der Waals surface area contributed by atoms with E-state index < -0.39 is 40.8 Å². The Morgan fingerprint density at radius 2 is 1.47 bits per heavy atom. The molecule has 5 nitrogen and oxygen atoms in total. The van der Waals surface area contributed by atoms with Gasteiger partial charge >= 0.3 is 12.1 Å². The number of anilines is 1. The number of amides is 1. The van der Waals surface area contributed by atoms with Gasteiger partial charge in [-0.1, -0.05) is 48.5 Å². The molecule has 1 aliphatic carbocycles. The van der Waals surface area contributed by atoms with Crippen LogP contribution in [-0.4, -0.2) is 23.8 Å². The van der Waals surface area contributed by atoms with Crippen molar-refractivity contribution in [3.63, 3.8) is 0 Å². The van der Waals surface area contributed by atoms with Crippen molar-refractivity contribution in [1.29, 1.82) is 0 Å². The smallest absolute Gasteiger partial charge is 0.411 e. The highest BCUT2D eigenvalue weighted by molar-refractivity contribution is 5.92. The zero-order valence-corrected chi connectivity index (χ0v) is 15.3. The van der Waals surface area contributed by atoms with E-state index in [1.165, 1.54) is 0 Å². The highest BCUT2D eigenvalue weighted by atomic mass is 19.2. The van der Waals surface area contributed by atoms with Gasteiger partial charge < -0.3 is 9.84 Å². The number of carbonyl (C=O) groups excluding carboxylic acids is 1. The van der Waals surface area contributed by atoms with Crippen LogP contribution in [0.4, 0.5) is 23.7 Å². The van der Waals surface area contributed by atoms with E-state index in [1.54, 1.807) is 0 Å². The number of carbonyl (C=O) groups is 2. The third-order valence-electron chi connectivity index (χ3n) is 4.96. The summed E-state index contributed by atoms with van der Waals surface area (Å²) in [5.41, 5.74) is 2.00. The molecule has 8 heteroatoms. The number of hydrogen-bond acceptors (Lipinski definition) is 3. The molecule has 0 bridgehead atoms. The number of ether oxygens (including phenoxy) is 1. The van der Waals surface area contributed by atoms with Crippen molar-refractivity contribution in [2.45, 2.75) is 5.92 Å². The molecule has 0 aromatic heterocycles. The molecular formula is C22H14F3NO4. The summed E-state index contributed by atoms with van der Waals surface area (Å²) >= 11 is 0. The van der Waals surface area contributed by atoms with Gasteiger partial charge in [-0.05, 0) is 28.3 Å². The van der Waals surface area contributed by atoms with Gasteiger partial charge in [-0.2, -0.15) is 0 Å². The number of carboxylic acids is 1. The third-order valence-corrected chi connectivity index (χ3v) is 4.96. The van der Waals surface area contributed by atoms with Gasteiger partial charge in [-0.3, -0.25) is 5.32 Å². The zero-order valence-electron chi connectivity index (χ0n) is 15.3. The highest BCUT2D eigenvalue weighted by Gasteiger charge is 2.29. The fourth-order valence-corrected chi connectivity index (χ4v) is 3.59. The minimum absolute atomic E-state index is 0.0864. The number of carboxylic acid groups (broad SMARTS) is 1. The fourth-order valence-electron chi connectivity index (χ4n) is 3.59. The zero-order chi connectivity index (χ0) is 21.4. The molecule has 0 spiro atoms. The van der Waals surface area contributed by atoms with Gasteiger partial charge in [0.2, 0.25) is 0 Å². The average Bonchev–Trinajstić information content (AvgIpc) is 3.06. The first-order valence-corrected chi connectivity index (χ1v) is 8.91. The van der Waals surface area contributed by atoms with Crippen molar-refractivity contribution < 1.29 is 32.6 Å². The molecule has 0 atom stereocenters. The number of benzene rings is 3. The standard InChI is InChI=1S/C22H14F3NO4/c23-18-15(21(27)28)9-17(19(24)20(18)25)26-22(29)30-10-16-13-7-3-1-5-11(13)12-6-2-4-8-14(12)16/h1-9,16H,10H2,(H,26,29)(H,27,28). The lowest BCUT2D eigenvalue weighted by atomic mass is 9.98.